The quantitative estimate of drug-likeness (QED) is 0.213. The smallest absolute Gasteiger partial charge is 0.286 e. The molecule has 41 heavy (non-hydrogen) atoms. The van der Waals surface area contributed by atoms with Gasteiger partial charge in [-0.1, -0.05) is 72.8 Å². The van der Waals surface area contributed by atoms with E-state index in [1.54, 1.807) is 0 Å². The molecule has 0 radical (unpaired) electrons. The normalized spacial score (nSPS) is 19.2. The number of rotatable bonds is 14. The van der Waals surface area contributed by atoms with Crippen LogP contribution in [0.4, 0.5) is 0 Å². The summed E-state index contributed by atoms with van der Waals surface area (Å²) < 4.78 is 23.6. The third kappa shape index (κ3) is 7.05. The van der Waals surface area contributed by atoms with E-state index in [4.69, 9.17) is 24.1 Å². The Morgan fingerprint density at radius 1 is 0.927 bits per heavy atom. The van der Waals surface area contributed by atoms with Crippen LogP contribution in [-0.2, 0) is 36.7 Å². The van der Waals surface area contributed by atoms with Gasteiger partial charge in [0, 0.05) is 31.6 Å². The summed E-state index contributed by atoms with van der Waals surface area (Å²) in [4.78, 5) is 13.4. The monoisotopic (exact) mass is 557 g/mol. The lowest BCUT2D eigenvalue weighted by Crippen LogP contribution is -2.39. The molecule has 2 N–H and O–H groups in total. The molecule has 0 saturated carbocycles. The topological polar surface area (TPSA) is 86.3 Å². The van der Waals surface area contributed by atoms with Gasteiger partial charge in [0.05, 0.1) is 26.4 Å². The van der Waals surface area contributed by atoms with E-state index in [1.807, 2.05) is 43.3 Å². The molecule has 3 aromatic rings. The standard InChI is InChI=1S/C34H39NO6/c1-2-40-34-29(15-17-38-19-20-39-18-16-36)31(22-32(41-34)33(37)35-23-24-9-4-3-5-10-24)28-14-8-13-27-26-12-7-6-11-25(26)21-30(27)28/h3-14,22,29,31,34,36H,2,15-21,23H2,1H3,(H,35,37)/t29-,31-,34-/m1/s1. The van der Waals surface area contributed by atoms with E-state index in [1.165, 1.54) is 27.8 Å². The predicted molar refractivity (Wildman–Crippen MR) is 157 cm³/mol. The minimum absolute atomic E-state index is 0.00398. The summed E-state index contributed by atoms with van der Waals surface area (Å²) in [5.41, 5.74) is 7.33. The van der Waals surface area contributed by atoms with Crippen molar-refractivity contribution in [1.29, 1.82) is 0 Å². The van der Waals surface area contributed by atoms with Crippen LogP contribution in [0.2, 0.25) is 0 Å². The van der Waals surface area contributed by atoms with Crippen LogP contribution in [0.5, 0.6) is 0 Å². The van der Waals surface area contributed by atoms with Crippen molar-refractivity contribution in [3.05, 3.63) is 107 Å². The highest BCUT2D eigenvalue weighted by atomic mass is 16.7. The van der Waals surface area contributed by atoms with Crippen molar-refractivity contribution < 1.29 is 28.8 Å². The van der Waals surface area contributed by atoms with Gasteiger partial charge in [0.1, 0.15) is 0 Å². The number of benzene rings is 3. The first-order chi connectivity index (χ1) is 20.2. The van der Waals surface area contributed by atoms with Crippen molar-refractivity contribution >= 4 is 5.91 Å². The van der Waals surface area contributed by atoms with Gasteiger partial charge in [-0.3, -0.25) is 4.79 Å². The average Bonchev–Trinajstić information content (AvgIpc) is 3.39. The number of fused-ring (bicyclic) bond motifs is 3. The maximum Gasteiger partial charge on any atom is 0.286 e. The molecule has 7 nitrogen and oxygen atoms in total. The Morgan fingerprint density at radius 2 is 1.68 bits per heavy atom. The molecule has 1 aliphatic carbocycles. The lowest BCUT2D eigenvalue weighted by atomic mass is 9.78. The number of allylic oxidation sites excluding steroid dienone is 1. The lowest BCUT2D eigenvalue weighted by Gasteiger charge is -2.37. The molecule has 216 valence electrons. The van der Waals surface area contributed by atoms with E-state index in [-0.39, 0.29) is 30.1 Å². The first-order valence-corrected chi connectivity index (χ1v) is 14.5. The third-order valence-corrected chi connectivity index (χ3v) is 7.68. The molecule has 3 aromatic carbocycles. The van der Waals surface area contributed by atoms with Gasteiger partial charge in [-0.2, -0.15) is 0 Å². The largest absolute Gasteiger partial charge is 0.459 e. The average molecular weight is 558 g/mol. The highest BCUT2D eigenvalue weighted by Gasteiger charge is 2.39. The van der Waals surface area contributed by atoms with Crippen LogP contribution >= 0.6 is 0 Å². The lowest BCUT2D eigenvalue weighted by molar-refractivity contribution is -0.168. The first kappa shape index (κ1) is 29.0. The molecule has 0 unspecified atom stereocenters. The molecule has 1 aliphatic heterocycles. The second kappa shape index (κ2) is 14.4. The van der Waals surface area contributed by atoms with Crippen molar-refractivity contribution in [2.75, 3.05) is 39.6 Å². The van der Waals surface area contributed by atoms with E-state index in [2.05, 4.69) is 47.8 Å². The van der Waals surface area contributed by atoms with Gasteiger partial charge in [0.15, 0.2) is 5.76 Å². The Hall–Kier alpha value is -3.49. The molecule has 7 heteroatoms. The highest BCUT2D eigenvalue weighted by molar-refractivity contribution is 5.91. The second-order valence-electron chi connectivity index (χ2n) is 10.3. The van der Waals surface area contributed by atoms with Crippen molar-refractivity contribution in [3.63, 3.8) is 0 Å². The Kier molecular flexibility index (Phi) is 10.2. The van der Waals surface area contributed by atoms with Crippen molar-refractivity contribution in [2.45, 2.75) is 38.5 Å². The van der Waals surface area contributed by atoms with Gasteiger partial charge in [0.25, 0.3) is 5.91 Å². The summed E-state index contributed by atoms with van der Waals surface area (Å²) in [6.45, 7) is 4.47. The maximum atomic E-state index is 13.4. The van der Waals surface area contributed by atoms with Crippen LogP contribution in [0.3, 0.4) is 0 Å². The first-order valence-electron chi connectivity index (χ1n) is 14.5. The number of hydrogen-bond donors (Lipinski definition) is 2. The van der Waals surface area contributed by atoms with Gasteiger partial charge in [-0.25, -0.2) is 0 Å². The number of nitrogens with one attached hydrogen (secondary N) is 1. The molecule has 3 atom stereocenters. The molecule has 1 amide bonds. The molecule has 0 spiro atoms. The molecule has 0 aromatic heterocycles. The van der Waals surface area contributed by atoms with E-state index < -0.39 is 6.29 Å². The second-order valence-corrected chi connectivity index (χ2v) is 10.3. The summed E-state index contributed by atoms with van der Waals surface area (Å²) in [5, 5.41) is 11.9. The van der Waals surface area contributed by atoms with Crippen LogP contribution < -0.4 is 5.32 Å². The minimum Gasteiger partial charge on any atom is -0.459 e. The SMILES string of the molecule is CCO[C@@H]1OC(C(=O)NCc2ccccc2)=C[C@H](c2cccc3c2Cc2ccccc2-3)[C@H]1CCOCCOCCO. The van der Waals surface area contributed by atoms with Gasteiger partial charge in [-0.05, 0) is 59.2 Å². The molecule has 0 saturated heterocycles. The number of carbonyl (C=O) groups is 1. The van der Waals surface area contributed by atoms with Crippen LogP contribution in [0.25, 0.3) is 11.1 Å². The zero-order valence-corrected chi connectivity index (χ0v) is 23.6. The zero-order chi connectivity index (χ0) is 28.4. The Bertz CT molecular complexity index is 1320. The zero-order valence-electron chi connectivity index (χ0n) is 23.6. The number of amides is 1. The number of aliphatic hydroxyl groups excluding tert-OH is 1. The van der Waals surface area contributed by atoms with E-state index in [9.17, 15) is 4.79 Å². The Labute approximate surface area is 242 Å². The molecule has 0 fully saturated rings. The summed E-state index contributed by atoms with van der Waals surface area (Å²) in [5.74, 6) is -0.132. The fourth-order valence-electron chi connectivity index (χ4n) is 5.76. The fourth-order valence-corrected chi connectivity index (χ4v) is 5.76. The number of hydrogen-bond acceptors (Lipinski definition) is 6. The molecule has 0 bridgehead atoms. The summed E-state index contributed by atoms with van der Waals surface area (Å²) >= 11 is 0. The van der Waals surface area contributed by atoms with Crippen molar-refractivity contribution in [3.8, 4) is 11.1 Å². The van der Waals surface area contributed by atoms with Gasteiger partial charge in [0.2, 0.25) is 6.29 Å². The minimum atomic E-state index is -0.596. The van der Waals surface area contributed by atoms with Gasteiger partial charge >= 0.3 is 0 Å². The molecule has 5 rings (SSSR count). The van der Waals surface area contributed by atoms with Crippen LogP contribution in [0.1, 0.15) is 41.5 Å². The van der Waals surface area contributed by atoms with E-state index >= 15 is 0 Å². The summed E-state index contributed by atoms with van der Waals surface area (Å²) in [6, 6.07) is 24.8. The van der Waals surface area contributed by atoms with Crippen molar-refractivity contribution in [2.24, 2.45) is 5.92 Å². The van der Waals surface area contributed by atoms with E-state index in [0.717, 1.165) is 12.0 Å². The highest BCUT2D eigenvalue weighted by Crippen LogP contribution is 2.45. The third-order valence-electron chi connectivity index (χ3n) is 7.68. The van der Waals surface area contributed by atoms with Gasteiger partial charge < -0.3 is 29.4 Å². The molecular formula is C34H39NO6. The molecular weight excluding hydrogens is 518 g/mol. The van der Waals surface area contributed by atoms with Gasteiger partial charge in [-0.15, -0.1) is 0 Å². The molecule has 1 heterocycles. The molecule has 2 aliphatic rings. The maximum absolute atomic E-state index is 13.4. The Morgan fingerprint density at radius 3 is 2.49 bits per heavy atom. The van der Waals surface area contributed by atoms with Crippen LogP contribution in [0.15, 0.2) is 84.6 Å². The number of ether oxygens (including phenoxy) is 4. The van der Waals surface area contributed by atoms with Crippen LogP contribution in [0, 0.1) is 5.92 Å². The van der Waals surface area contributed by atoms with E-state index in [0.29, 0.717) is 46.0 Å². The fraction of sp³-hybridized carbons (Fsp3) is 0.382. The summed E-state index contributed by atoms with van der Waals surface area (Å²) in [7, 11) is 0. The predicted octanol–water partition coefficient (Wildman–Crippen LogP) is 4.97. The Balaban J connectivity index is 1.42. The number of aliphatic hydroxyl groups is 1. The van der Waals surface area contributed by atoms with Crippen molar-refractivity contribution in [1.82, 2.24) is 5.32 Å². The van der Waals surface area contributed by atoms with Crippen LogP contribution in [-0.4, -0.2) is 56.9 Å². The number of carbonyl (C=O) groups excluding carboxylic acids is 1. The summed E-state index contributed by atoms with van der Waals surface area (Å²) in [6.07, 6.45) is 2.92.